The molecule has 294 valence electrons. The highest BCUT2D eigenvalue weighted by atomic mass is 16.8. The second-order valence-electron chi connectivity index (χ2n) is 13.8. The molecule has 4 heterocycles. The lowest BCUT2D eigenvalue weighted by atomic mass is 9.81. The molecule has 0 bridgehead atoms. The van der Waals surface area contributed by atoms with Crippen LogP contribution in [-0.4, -0.2) is 185 Å². The SMILES string of the molecule is COC1C(CO)OC(OC2C(CO)OC(OC3C(CO)OC(Oc4ccc(CC5NC(=O)C(=O)C5(C)C)cc4)C(O)C3O)C(OC)C2O)C(O)C1O. The molecule has 4 aliphatic rings. The molecule has 4 fully saturated rings. The van der Waals surface area contributed by atoms with Crippen molar-refractivity contribution in [3.05, 3.63) is 29.8 Å². The number of amides is 1. The second kappa shape index (κ2) is 16.9. The molecule has 9 N–H and O–H groups in total. The summed E-state index contributed by atoms with van der Waals surface area (Å²) in [6, 6.07) is 6.15. The van der Waals surface area contributed by atoms with E-state index in [9.17, 15) is 50.4 Å². The normalized spacial score (nSPS) is 42.2. The zero-order chi connectivity index (χ0) is 38.1. The van der Waals surface area contributed by atoms with E-state index in [-0.39, 0.29) is 5.75 Å². The topological polar surface area (TPSA) is 282 Å². The first-order valence-corrected chi connectivity index (χ1v) is 16.9. The van der Waals surface area contributed by atoms with Gasteiger partial charge in [-0.1, -0.05) is 26.0 Å². The van der Waals surface area contributed by atoms with E-state index in [1.807, 2.05) is 0 Å². The van der Waals surface area contributed by atoms with Crippen LogP contribution in [0.4, 0.5) is 0 Å². The van der Waals surface area contributed by atoms with E-state index in [1.165, 1.54) is 14.2 Å². The van der Waals surface area contributed by atoms with Crippen molar-refractivity contribution in [2.24, 2.45) is 5.41 Å². The number of hydrogen-bond acceptors (Lipinski definition) is 18. The molecule has 0 saturated carbocycles. The van der Waals surface area contributed by atoms with Crippen LogP contribution in [0, 0.1) is 5.41 Å². The Hall–Kier alpha value is -2.44. The summed E-state index contributed by atoms with van der Waals surface area (Å²) >= 11 is 0. The number of Topliss-reactive ketones (excluding diaryl/α,β-unsaturated/α-hetero) is 1. The highest BCUT2D eigenvalue weighted by Gasteiger charge is 2.54. The monoisotopic (exact) mass is 747 g/mol. The molecular formula is C33H49NO18. The Kier molecular flexibility index (Phi) is 13.3. The van der Waals surface area contributed by atoms with Crippen molar-refractivity contribution in [3.63, 3.8) is 0 Å². The van der Waals surface area contributed by atoms with Crippen molar-refractivity contribution in [1.29, 1.82) is 0 Å². The van der Waals surface area contributed by atoms with Crippen LogP contribution in [0.25, 0.3) is 0 Å². The van der Waals surface area contributed by atoms with Gasteiger partial charge in [0.15, 0.2) is 12.6 Å². The van der Waals surface area contributed by atoms with Crippen molar-refractivity contribution >= 4 is 11.7 Å². The molecule has 1 aromatic carbocycles. The quantitative estimate of drug-likeness (QED) is 0.0859. The molecule has 0 spiro atoms. The van der Waals surface area contributed by atoms with Gasteiger partial charge in [-0.15, -0.1) is 0 Å². The fourth-order valence-electron chi connectivity index (χ4n) is 6.89. The van der Waals surface area contributed by atoms with Crippen molar-refractivity contribution in [2.75, 3.05) is 34.0 Å². The van der Waals surface area contributed by atoms with Crippen LogP contribution in [-0.2, 0) is 49.2 Å². The Morgan fingerprint density at radius 3 is 1.67 bits per heavy atom. The molecule has 5 rings (SSSR count). The minimum atomic E-state index is -1.74. The van der Waals surface area contributed by atoms with Gasteiger partial charge in [0.1, 0.15) is 79.0 Å². The molecule has 1 amide bonds. The van der Waals surface area contributed by atoms with Gasteiger partial charge in [-0.05, 0) is 24.1 Å². The number of ketones is 1. The molecule has 19 heteroatoms. The van der Waals surface area contributed by atoms with E-state index < -0.39 is 135 Å². The number of aliphatic hydroxyl groups is 8. The summed E-state index contributed by atoms with van der Waals surface area (Å²) in [6.07, 6.45) is -21.7. The van der Waals surface area contributed by atoms with E-state index in [2.05, 4.69) is 5.32 Å². The number of carbonyl (C=O) groups is 2. The molecule has 1 aromatic rings. The Labute approximate surface area is 298 Å². The van der Waals surface area contributed by atoms with Crippen molar-refractivity contribution in [1.82, 2.24) is 5.32 Å². The molecule has 0 aliphatic carbocycles. The summed E-state index contributed by atoms with van der Waals surface area (Å²) in [5, 5.41) is 87.3. The van der Waals surface area contributed by atoms with Crippen molar-refractivity contribution < 1.29 is 88.3 Å². The Morgan fingerprint density at radius 2 is 1.13 bits per heavy atom. The van der Waals surface area contributed by atoms with Gasteiger partial charge in [0.25, 0.3) is 5.91 Å². The number of aliphatic hydroxyl groups excluding tert-OH is 8. The number of carbonyl (C=O) groups excluding carboxylic acids is 2. The van der Waals surface area contributed by atoms with Crippen LogP contribution >= 0.6 is 0 Å². The third-order valence-electron chi connectivity index (χ3n) is 10.1. The Morgan fingerprint density at radius 1 is 0.654 bits per heavy atom. The van der Waals surface area contributed by atoms with Gasteiger partial charge in [-0.2, -0.15) is 0 Å². The van der Waals surface area contributed by atoms with Gasteiger partial charge in [0, 0.05) is 20.3 Å². The Bertz CT molecular complexity index is 1350. The highest BCUT2D eigenvalue weighted by Crippen LogP contribution is 2.35. The summed E-state index contributed by atoms with van der Waals surface area (Å²) in [5.74, 6) is -0.875. The van der Waals surface area contributed by atoms with Crippen molar-refractivity contribution in [2.45, 2.75) is 118 Å². The maximum absolute atomic E-state index is 12.2. The maximum atomic E-state index is 12.2. The van der Waals surface area contributed by atoms with Gasteiger partial charge >= 0.3 is 0 Å². The predicted octanol–water partition coefficient (Wildman–Crippen LogP) is -4.54. The third kappa shape index (κ3) is 7.99. The number of rotatable bonds is 13. The average Bonchev–Trinajstić information content (AvgIpc) is 3.32. The summed E-state index contributed by atoms with van der Waals surface area (Å²) in [4.78, 5) is 24.1. The molecule has 52 heavy (non-hydrogen) atoms. The molecule has 16 atom stereocenters. The summed E-state index contributed by atoms with van der Waals surface area (Å²) in [5.41, 5.74) is -0.0892. The third-order valence-corrected chi connectivity index (χ3v) is 10.1. The van der Waals surface area contributed by atoms with E-state index in [1.54, 1.807) is 38.1 Å². The van der Waals surface area contributed by atoms with Crippen LogP contribution < -0.4 is 10.1 Å². The van der Waals surface area contributed by atoms with Crippen LogP contribution in [0.2, 0.25) is 0 Å². The van der Waals surface area contributed by atoms with Crippen molar-refractivity contribution in [3.8, 4) is 5.75 Å². The van der Waals surface area contributed by atoms with Gasteiger partial charge in [0.05, 0.1) is 25.2 Å². The van der Waals surface area contributed by atoms with Gasteiger partial charge in [-0.25, -0.2) is 0 Å². The molecule has 19 nitrogen and oxygen atoms in total. The zero-order valence-corrected chi connectivity index (χ0v) is 29.0. The molecule has 4 aliphatic heterocycles. The van der Waals surface area contributed by atoms with E-state index in [4.69, 9.17) is 37.9 Å². The lowest BCUT2D eigenvalue weighted by Gasteiger charge is -2.49. The summed E-state index contributed by atoms with van der Waals surface area (Å²) in [6.45, 7) is 1.32. The largest absolute Gasteiger partial charge is 0.462 e. The van der Waals surface area contributed by atoms with E-state index in [0.29, 0.717) is 6.42 Å². The predicted molar refractivity (Wildman–Crippen MR) is 170 cm³/mol. The molecule has 0 aromatic heterocycles. The molecule has 0 radical (unpaired) electrons. The molecular weight excluding hydrogens is 698 g/mol. The number of hydrogen-bond donors (Lipinski definition) is 9. The first-order valence-electron chi connectivity index (χ1n) is 16.9. The van der Waals surface area contributed by atoms with Crippen LogP contribution in [0.3, 0.4) is 0 Å². The highest BCUT2D eigenvalue weighted by molar-refractivity contribution is 6.40. The molecule has 16 unspecified atom stereocenters. The van der Waals surface area contributed by atoms with Crippen LogP contribution in [0.1, 0.15) is 19.4 Å². The smallest absolute Gasteiger partial charge is 0.288 e. The minimum Gasteiger partial charge on any atom is -0.462 e. The first kappa shape index (κ1) is 40.7. The van der Waals surface area contributed by atoms with E-state index in [0.717, 1.165) is 5.56 Å². The maximum Gasteiger partial charge on any atom is 0.288 e. The van der Waals surface area contributed by atoms with Gasteiger partial charge < -0.3 is 84.1 Å². The van der Waals surface area contributed by atoms with E-state index >= 15 is 0 Å². The van der Waals surface area contributed by atoms with Crippen LogP contribution in [0.15, 0.2) is 24.3 Å². The number of methoxy groups -OCH3 is 2. The standard InChI is InChI=1S/C33H49NO18/c1-33(2)18(34-29(44)28(33)43)9-13-5-7-14(8-6-13)47-30-22(41)20(39)25(16(11-36)49-30)52-32-27(46-4)23(42)26(17(12-37)50-32)51-31-21(40)19(38)24(45-3)15(10-35)48-31/h5-8,15-27,30-32,35-42H,9-12H2,1-4H3,(H,34,44). The van der Waals surface area contributed by atoms with Gasteiger partial charge in [0.2, 0.25) is 12.1 Å². The lowest BCUT2D eigenvalue weighted by molar-refractivity contribution is -0.378. The Balaban J connectivity index is 1.22. The first-order chi connectivity index (χ1) is 24.7. The number of benzene rings is 1. The van der Waals surface area contributed by atoms with Crippen LogP contribution in [0.5, 0.6) is 5.75 Å². The number of ether oxygens (including phenoxy) is 8. The lowest BCUT2D eigenvalue weighted by Crippen LogP contribution is -2.67. The summed E-state index contributed by atoms with van der Waals surface area (Å²) in [7, 11) is 2.46. The zero-order valence-electron chi connectivity index (χ0n) is 29.0. The summed E-state index contributed by atoms with van der Waals surface area (Å²) < 4.78 is 45.2. The fourth-order valence-corrected chi connectivity index (χ4v) is 6.89. The second-order valence-corrected chi connectivity index (χ2v) is 13.8. The fraction of sp³-hybridized carbons (Fsp3) is 0.758. The van der Waals surface area contributed by atoms with Gasteiger partial charge in [-0.3, -0.25) is 9.59 Å². The average molecular weight is 748 g/mol. The molecule has 4 saturated heterocycles. The number of nitrogens with one attached hydrogen (secondary N) is 1. The minimum absolute atomic E-state index is 0.236.